The van der Waals surface area contributed by atoms with Crippen LogP contribution in [0.3, 0.4) is 0 Å². The van der Waals surface area contributed by atoms with Crippen molar-refractivity contribution >= 4 is 62.3 Å². The molecule has 1 atom stereocenters. The number of nitrogens with zero attached hydrogens (tertiary/aromatic N) is 2. The lowest BCUT2D eigenvalue weighted by Gasteiger charge is -2.35. The molecule has 0 spiro atoms. The van der Waals surface area contributed by atoms with E-state index >= 15 is 0 Å². The van der Waals surface area contributed by atoms with Crippen molar-refractivity contribution in [2.24, 2.45) is 0 Å². The van der Waals surface area contributed by atoms with E-state index < -0.39 is 34.5 Å². The van der Waals surface area contributed by atoms with E-state index in [2.05, 4.69) is 5.32 Å². The van der Waals surface area contributed by atoms with Gasteiger partial charge in [-0.05, 0) is 59.7 Å². The third-order valence-electron chi connectivity index (χ3n) is 6.80. The Hall–Kier alpha value is -3.60. The van der Waals surface area contributed by atoms with E-state index in [1.54, 1.807) is 36.4 Å². The molecule has 1 aliphatic rings. The van der Waals surface area contributed by atoms with Crippen molar-refractivity contribution in [1.29, 1.82) is 0 Å². The molecule has 12 heteroatoms. The zero-order valence-electron chi connectivity index (χ0n) is 22.6. The molecule has 0 aliphatic carbocycles. The normalized spacial score (nSPS) is 14.6. The molecule has 4 aromatic rings. The van der Waals surface area contributed by atoms with Gasteiger partial charge in [-0.1, -0.05) is 83.3 Å². The molecule has 0 bridgehead atoms. The van der Waals surface area contributed by atoms with Crippen LogP contribution in [0.1, 0.15) is 11.1 Å². The number of para-hydroxylation sites is 2. The molecule has 0 radical (unpaired) electrons. The first-order chi connectivity index (χ1) is 20.6. The minimum Gasteiger partial charge on any atom is -0.477 e. The minimum atomic E-state index is -4.20. The number of carbonyl (C=O) groups is 2. The van der Waals surface area contributed by atoms with Gasteiger partial charge in [-0.25, -0.2) is 8.42 Å². The maximum atomic E-state index is 13.9. The van der Waals surface area contributed by atoms with Crippen LogP contribution in [0.15, 0.2) is 102 Å². The number of anilines is 1. The topological polar surface area (TPSA) is 96.0 Å². The average Bonchev–Trinajstić information content (AvgIpc) is 3.00. The van der Waals surface area contributed by atoms with Gasteiger partial charge in [0.15, 0.2) is 6.10 Å². The Morgan fingerprint density at radius 1 is 0.884 bits per heavy atom. The van der Waals surface area contributed by atoms with Gasteiger partial charge in [0.05, 0.1) is 23.7 Å². The van der Waals surface area contributed by atoms with E-state index in [4.69, 9.17) is 39.5 Å². The van der Waals surface area contributed by atoms with Crippen molar-refractivity contribution < 1.29 is 22.7 Å². The molecule has 43 heavy (non-hydrogen) atoms. The quantitative estimate of drug-likeness (QED) is 0.240. The van der Waals surface area contributed by atoms with Crippen molar-refractivity contribution in [2.75, 3.05) is 18.0 Å². The summed E-state index contributed by atoms with van der Waals surface area (Å²) in [7, 11) is -4.20. The minimum absolute atomic E-state index is 0.0460. The first-order valence-corrected chi connectivity index (χ1v) is 15.8. The van der Waals surface area contributed by atoms with Gasteiger partial charge in [0.2, 0.25) is 15.9 Å². The number of hydrogen-bond donors (Lipinski definition) is 1. The molecule has 0 unspecified atom stereocenters. The highest BCUT2D eigenvalue weighted by atomic mass is 35.5. The number of amides is 2. The molecule has 0 saturated heterocycles. The zero-order chi connectivity index (χ0) is 30.6. The highest BCUT2D eigenvalue weighted by molar-refractivity contribution is 7.89. The Morgan fingerprint density at radius 3 is 2.28 bits per heavy atom. The number of rotatable bonds is 9. The molecule has 0 fully saturated rings. The second-order valence-electron chi connectivity index (χ2n) is 9.74. The Labute approximate surface area is 264 Å². The molecule has 1 aliphatic heterocycles. The number of ether oxygens (including phenoxy) is 1. The van der Waals surface area contributed by atoms with Gasteiger partial charge in [-0.15, -0.1) is 0 Å². The van der Waals surface area contributed by atoms with Gasteiger partial charge in [-0.3, -0.25) is 9.59 Å². The van der Waals surface area contributed by atoms with Crippen LogP contribution in [0.5, 0.6) is 5.75 Å². The molecular formula is C31H26Cl3N3O5S. The van der Waals surface area contributed by atoms with Gasteiger partial charge in [-0.2, -0.15) is 4.31 Å². The number of nitrogens with one attached hydrogen (secondary N) is 1. The fourth-order valence-electron chi connectivity index (χ4n) is 4.56. The summed E-state index contributed by atoms with van der Waals surface area (Å²) in [6.07, 6.45) is -1.02. The number of halogens is 3. The van der Waals surface area contributed by atoms with E-state index in [1.165, 1.54) is 35.2 Å². The molecule has 4 aromatic carbocycles. The fourth-order valence-corrected chi connectivity index (χ4v) is 6.53. The zero-order valence-corrected chi connectivity index (χ0v) is 25.7. The van der Waals surface area contributed by atoms with Crippen LogP contribution < -0.4 is 15.0 Å². The molecule has 2 amide bonds. The molecule has 8 nitrogen and oxygen atoms in total. The van der Waals surface area contributed by atoms with Crippen LogP contribution in [0.25, 0.3) is 0 Å². The van der Waals surface area contributed by atoms with Crippen LogP contribution in [0.2, 0.25) is 15.1 Å². The van der Waals surface area contributed by atoms with Crippen LogP contribution in [-0.2, 0) is 32.7 Å². The highest BCUT2D eigenvalue weighted by Crippen LogP contribution is 2.34. The number of fused-ring (bicyclic) bond motifs is 1. The third kappa shape index (κ3) is 7.31. The average molecular weight is 659 g/mol. The van der Waals surface area contributed by atoms with Crippen LogP contribution in [0.4, 0.5) is 5.69 Å². The van der Waals surface area contributed by atoms with Crippen LogP contribution in [-0.4, -0.2) is 43.7 Å². The molecule has 0 aromatic heterocycles. The maximum absolute atomic E-state index is 13.9. The van der Waals surface area contributed by atoms with E-state index in [-0.39, 0.29) is 29.6 Å². The van der Waals surface area contributed by atoms with E-state index in [9.17, 15) is 18.0 Å². The molecule has 1 N–H and O–H groups in total. The summed E-state index contributed by atoms with van der Waals surface area (Å²) in [4.78, 5) is 28.4. The lowest BCUT2D eigenvalue weighted by molar-refractivity contribution is -0.128. The lowest BCUT2D eigenvalue weighted by atomic mass is 10.1. The van der Waals surface area contributed by atoms with E-state index in [0.29, 0.717) is 27.0 Å². The SMILES string of the molecule is O=C(NCc1ccccc1)[C@H]1CN(C(=O)CN(Cc2ccc(Cl)cc2Cl)S(=O)(=O)c2ccc(Cl)cc2)c2ccccc2O1. The van der Waals surface area contributed by atoms with Gasteiger partial charge >= 0.3 is 0 Å². The largest absolute Gasteiger partial charge is 0.477 e. The molecule has 222 valence electrons. The molecule has 1 heterocycles. The predicted octanol–water partition coefficient (Wildman–Crippen LogP) is 5.95. The predicted molar refractivity (Wildman–Crippen MR) is 167 cm³/mol. The summed E-state index contributed by atoms with van der Waals surface area (Å²) in [5.74, 6) is -0.635. The highest BCUT2D eigenvalue weighted by Gasteiger charge is 2.36. The molecular weight excluding hydrogens is 633 g/mol. The number of hydrogen-bond acceptors (Lipinski definition) is 5. The third-order valence-corrected chi connectivity index (χ3v) is 9.45. The summed E-state index contributed by atoms with van der Waals surface area (Å²) in [5, 5.41) is 3.85. The number of sulfonamides is 1. The second kappa shape index (κ2) is 13.4. The summed E-state index contributed by atoms with van der Waals surface area (Å²) in [6.45, 7) is -0.590. The summed E-state index contributed by atoms with van der Waals surface area (Å²) in [5.41, 5.74) is 1.79. The Bertz CT molecular complexity index is 1740. The molecule has 0 saturated carbocycles. The van der Waals surface area contributed by atoms with Crippen LogP contribution in [0, 0.1) is 0 Å². The summed E-state index contributed by atoms with van der Waals surface area (Å²) < 4.78 is 34.7. The molecule has 5 rings (SSSR count). The maximum Gasteiger partial charge on any atom is 0.263 e. The van der Waals surface area contributed by atoms with Crippen molar-refractivity contribution in [2.45, 2.75) is 24.1 Å². The van der Waals surface area contributed by atoms with Crippen molar-refractivity contribution in [3.8, 4) is 5.75 Å². The smallest absolute Gasteiger partial charge is 0.263 e. The monoisotopic (exact) mass is 657 g/mol. The fraction of sp³-hybridized carbons (Fsp3) is 0.161. The summed E-state index contributed by atoms with van der Waals surface area (Å²) in [6, 6.07) is 26.6. The van der Waals surface area contributed by atoms with Gasteiger partial charge in [0.1, 0.15) is 5.75 Å². The van der Waals surface area contributed by atoms with Crippen molar-refractivity contribution in [3.05, 3.63) is 123 Å². The first-order valence-electron chi connectivity index (χ1n) is 13.2. The van der Waals surface area contributed by atoms with E-state index in [1.807, 2.05) is 30.3 Å². The Morgan fingerprint density at radius 2 is 1.56 bits per heavy atom. The van der Waals surface area contributed by atoms with Crippen molar-refractivity contribution in [1.82, 2.24) is 9.62 Å². The van der Waals surface area contributed by atoms with Gasteiger partial charge in [0, 0.05) is 28.2 Å². The summed E-state index contributed by atoms with van der Waals surface area (Å²) >= 11 is 18.4. The standard InChI is InChI=1S/C31H26Cl3N3O5S/c32-23-12-14-25(15-13-23)43(40,41)36(18-22-10-11-24(33)16-26(22)34)20-30(38)37-19-29(42-28-9-5-4-8-27(28)37)31(39)35-17-21-6-2-1-3-7-21/h1-16,29H,17-20H2,(H,35,39)/t29-/m1/s1. The van der Waals surface area contributed by atoms with E-state index in [0.717, 1.165) is 9.87 Å². The van der Waals surface area contributed by atoms with Gasteiger partial charge < -0.3 is 15.0 Å². The first kappa shape index (κ1) is 30.8. The Kier molecular flexibility index (Phi) is 9.59. The lowest BCUT2D eigenvalue weighted by Crippen LogP contribution is -2.52. The number of benzene rings is 4. The van der Waals surface area contributed by atoms with Crippen LogP contribution >= 0.6 is 34.8 Å². The Balaban J connectivity index is 1.42. The number of carbonyl (C=O) groups excluding carboxylic acids is 2. The second-order valence-corrected chi connectivity index (χ2v) is 13.0. The van der Waals surface area contributed by atoms with Gasteiger partial charge in [0.25, 0.3) is 5.91 Å². The van der Waals surface area contributed by atoms with Crippen molar-refractivity contribution in [3.63, 3.8) is 0 Å².